The lowest BCUT2D eigenvalue weighted by molar-refractivity contribution is 0.846. The molecule has 5 heteroatoms. The first-order valence-electron chi connectivity index (χ1n) is 4.03. The van der Waals surface area contributed by atoms with E-state index in [-0.39, 0.29) is 0 Å². The summed E-state index contributed by atoms with van der Waals surface area (Å²) in [4.78, 5) is 4.51. The molecule has 0 aliphatic heterocycles. The maximum absolute atomic E-state index is 5.51. The van der Waals surface area contributed by atoms with Crippen LogP contribution in [0.4, 0.5) is 0 Å². The first-order valence-corrected chi connectivity index (χ1v) is 4.44. The van der Waals surface area contributed by atoms with Gasteiger partial charge in [0.1, 0.15) is 4.99 Å². The predicted octanol–water partition coefficient (Wildman–Crippen LogP) is 0.902. The van der Waals surface area contributed by atoms with Gasteiger partial charge in [0.05, 0.1) is 0 Å². The fourth-order valence-electron chi connectivity index (χ4n) is 1.10. The van der Waals surface area contributed by atoms with Gasteiger partial charge >= 0.3 is 0 Å². The Morgan fingerprint density at radius 1 is 1.43 bits per heavy atom. The Balaban J connectivity index is 2.46. The summed E-state index contributed by atoms with van der Waals surface area (Å²) in [6.07, 6.45) is 5.16. The van der Waals surface area contributed by atoms with Crippen molar-refractivity contribution in [1.82, 2.24) is 14.8 Å². The molecule has 0 radical (unpaired) electrons. The zero-order chi connectivity index (χ0) is 9.97. The van der Waals surface area contributed by atoms with Gasteiger partial charge in [0, 0.05) is 24.2 Å². The van der Waals surface area contributed by atoms with Crippen LogP contribution in [0.2, 0.25) is 0 Å². The molecule has 2 aromatic heterocycles. The van der Waals surface area contributed by atoms with Gasteiger partial charge in [0.15, 0.2) is 5.82 Å². The number of hydrogen-bond donors (Lipinski definition) is 1. The Bertz CT molecular complexity index is 450. The summed E-state index contributed by atoms with van der Waals surface area (Å²) in [5.74, 6) is 0.709. The SMILES string of the molecule is NC(=S)c1ccnc(-n2cccn2)c1. The number of aromatic nitrogens is 3. The number of pyridine rings is 1. The van der Waals surface area contributed by atoms with E-state index in [4.69, 9.17) is 18.0 Å². The van der Waals surface area contributed by atoms with Crippen molar-refractivity contribution in [1.29, 1.82) is 0 Å². The molecule has 2 rings (SSSR count). The maximum Gasteiger partial charge on any atom is 0.153 e. The smallest absolute Gasteiger partial charge is 0.153 e. The number of thiocarbonyl (C=S) groups is 1. The summed E-state index contributed by atoms with van der Waals surface area (Å²) in [5, 5.41) is 4.06. The van der Waals surface area contributed by atoms with Crippen LogP contribution < -0.4 is 5.73 Å². The fraction of sp³-hybridized carbons (Fsp3) is 0. The average molecular weight is 204 g/mol. The van der Waals surface area contributed by atoms with Gasteiger partial charge in [0.25, 0.3) is 0 Å². The van der Waals surface area contributed by atoms with Crippen LogP contribution in [0, 0.1) is 0 Å². The summed E-state index contributed by atoms with van der Waals surface area (Å²) < 4.78 is 1.65. The molecule has 0 fully saturated rings. The van der Waals surface area contributed by atoms with E-state index in [1.54, 1.807) is 29.2 Å². The Hall–Kier alpha value is -1.75. The molecule has 0 bridgehead atoms. The van der Waals surface area contributed by atoms with E-state index in [0.717, 1.165) is 5.56 Å². The Kier molecular flexibility index (Phi) is 2.24. The molecule has 0 unspecified atom stereocenters. The maximum atomic E-state index is 5.51. The molecule has 4 nitrogen and oxygen atoms in total. The first-order chi connectivity index (χ1) is 6.77. The number of rotatable bonds is 2. The predicted molar refractivity (Wildman–Crippen MR) is 57.2 cm³/mol. The van der Waals surface area contributed by atoms with Crippen LogP contribution in [-0.4, -0.2) is 19.8 Å². The van der Waals surface area contributed by atoms with Crippen LogP contribution in [0.1, 0.15) is 5.56 Å². The third-order valence-electron chi connectivity index (χ3n) is 1.77. The lowest BCUT2D eigenvalue weighted by Crippen LogP contribution is -2.10. The molecular formula is C9H8N4S. The van der Waals surface area contributed by atoms with E-state index in [1.165, 1.54) is 0 Å². The van der Waals surface area contributed by atoms with Gasteiger partial charge in [-0.25, -0.2) is 9.67 Å². The van der Waals surface area contributed by atoms with Gasteiger partial charge in [-0.1, -0.05) is 12.2 Å². The molecule has 0 saturated heterocycles. The van der Waals surface area contributed by atoms with Crippen molar-refractivity contribution >= 4 is 17.2 Å². The van der Waals surface area contributed by atoms with E-state index < -0.39 is 0 Å². The minimum absolute atomic E-state index is 0.362. The van der Waals surface area contributed by atoms with Crippen molar-refractivity contribution in [3.63, 3.8) is 0 Å². The highest BCUT2D eigenvalue weighted by Gasteiger charge is 2.00. The topological polar surface area (TPSA) is 56.7 Å². The summed E-state index contributed by atoms with van der Waals surface area (Å²) in [5.41, 5.74) is 6.30. The van der Waals surface area contributed by atoms with Crippen molar-refractivity contribution in [2.24, 2.45) is 5.73 Å². The summed E-state index contributed by atoms with van der Waals surface area (Å²) in [6.45, 7) is 0. The molecule has 70 valence electrons. The fourth-order valence-corrected chi connectivity index (χ4v) is 1.23. The van der Waals surface area contributed by atoms with Crippen molar-refractivity contribution < 1.29 is 0 Å². The number of nitrogens with two attached hydrogens (primary N) is 1. The summed E-state index contributed by atoms with van der Waals surface area (Å²) in [6, 6.07) is 5.40. The lowest BCUT2D eigenvalue weighted by Gasteiger charge is -2.02. The van der Waals surface area contributed by atoms with E-state index in [1.807, 2.05) is 12.3 Å². The highest BCUT2D eigenvalue weighted by atomic mass is 32.1. The molecule has 0 atom stereocenters. The molecule has 2 heterocycles. The Morgan fingerprint density at radius 2 is 2.29 bits per heavy atom. The zero-order valence-electron chi connectivity index (χ0n) is 7.29. The molecule has 0 amide bonds. The van der Waals surface area contributed by atoms with Gasteiger partial charge in [0.2, 0.25) is 0 Å². The number of hydrogen-bond acceptors (Lipinski definition) is 3. The zero-order valence-corrected chi connectivity index (χ0v) is 8.11. The van der Waals surface area contributed by atoms with Crippen LogP contribution in [0.5, 0.6) is 0 Å². The number of nitrogens with zero attached hydrogens (tertiary/aromatic N) is 3. The summed E-state index contributed by atoms with van der Waals surface area (Å²) >= 11 is 4.87. The van der Waals surface area contributed by atoms with Gasteiger partial charge in [-0.05, 0) is 18.2 Å². The van der Waals surface area contributed by atoms with Crippen molar-refractivity contribution in [2.45, 2.75) is 0 Å². The van der Waals surface area contributed by atoms with Crippen molar-refractivity contribution in [2.75, 3.05) is 0 Å². The molecule has 0 aliphatic rings. The largest absolute Gasteiger partial charge is 0.389 e. The molecule has 0 aliphatic carbocycles. The Morgan fingerprint density at radius 3 is 2.93 bits per heavy atom. The first kappa shape index (κ1) is 8.83. The van der Waals surface area contributed by atoms with Gasteiger partial charge < -0.3 is 5.73 Å². The average Bonchev–Trinajstić information content (AvgIpc) is 2.71. The second kappa shape index (κ2) is 3.55. The van der Waals surface area contributed by atoms with Crippen molar-refractivity contribution in [3.8, 4) is 5.82 Å². The molecule has 0 spiro atoms. The molecule has 0 saturated carbocycles. The van der Waals surface area contributed by atoms with Gasteiger partial charge in [-0.3, -0.25) is 0 Å². The van der Waals surface area contributed by atoms with Crippen LogP contribution in [0.3, 0.4) is 0 Å². The summed E-state index contributed by atoms with van der Waals surface area (Å²) in [7, 11) is 0. The second-order valence-corrected chi connectivity index (χ2v) is 3.16. The highest BCUT2D eigenvalue weighted by molar-refractivity contribution is 7.80. The molecule has 14 heavy (non-hydrogen) atoms. The molecular weight excluding hydrogens is 196 g/mol. The van der Waals surface area contributed by atoms with E-state index >= 15 is 0 Å². The quantitative estimate of drug-likeness (QED) is 0.738. The lowest BCUT2D eigenvalue weighted by atomic mass is 10.2. The third kappa shape index (κ3) is 1.62. The molecule has 2 aromatic rings. The van der Waals surface area contributed by atoms with Crippen LogP contribution in [0.15, 0.2) is 36.8 Å². The van der Waals surface area contributed by atoms with E-state index in [2.05, 4.69) is 10.1 Å². The van der Waals surface area contributed by atoms with Gasteiger partial charge in [-0.2, -0.15) is 5.10 Å². The standard InChI is InChI=1S/C9H8N4S/c10-9(14)7-2-4-11-8(6-7)13-5-1-3-12-13/h1-6H,(H2,10,14). The van der Waals surface area contributed by atoms with Crippen LogP contribution in [-0.2, 0) is 0 Å². The monoisotopic (exact) mass is 204 g/mol. The Labute approximate surface area is 86.4 Å². The van der Waals surface area contributed by atoms with Crippen LogP contribution in [0.25, 0.3) is 5.82 Å². The van der Waals surface area contributed by atoms with Gasteiger partial charge in [-0.15, -0.1) is 0 Å². The second-order valence-electron chi connectivity index (χ2n) is 2.72. The normalized spacial score (nSPS) is 10.0. The third-order valence-corrected chi connectivity index (χ3v) is 2.00. The minimum atomic E-state index is 0.362. The molecule has 0 aromatic carbocycles. The highest BCUT2D eigenvalue weighted by Crippen LogP contribution is 2.05. The van der Waals surface area contributed by atoms with E-state index in [9.17, 15) is 0 Å². The molecule has 2 N–H and O–H groups in total. The van der Waals surface area contributed by atoms with Crippen LogP contribution >= 0.6 is 12.2 Å². The van der Waals surface area contributed by atoms with Crippen molar-refractivity contribution in [3.05, 3.63) is 42.4 Å². The van der Waals surface area contributed by atoms with E-state index in [0.29, 0.717) is 10.8 Å². The minimum Gasteiger partial charge on any atom is -0.389 e.